The van der Waals surface area contributed by atoms with Gasteiger partial charge in [0.05, 0.1) is 41.6 Å². The van der Waals surface area contributed by atoms with Gasteiger partial charge < -0.3 is 14.6 Å². The zero-order valence-corrected chi connectivity index (χ0v) is 18.5. The Hall–Kier alpha value is -4.02. The van der Waals surface area contributed by atoms with Crippen molar-refractivity contribution in [3.05, 3.63) is 65.2 Å². The van der Waals surface area contributed by atoms with E-state index in [1.807, 2.05) is 36.4 Å². The molecule has 3 heterocycles. The molecule has 168 valence electrons. The maximum atomic E-state index is 13.2. The van der Waals surface area contributed by atoms with E-state index in [0.717, 1.165) is 29.3 Å². The predicted octanol–water partition coefficient (Wildman–Crippen LogP) is 4.32. The molecule has 7 heteroatoms. The lowest BCUT2D eigenvalue weighted by atomic mass is 10.0. The highest BCUT2D eigenvalue weighted by atomic mass is 16.5. The Balaban J connectivity index is 1.51. The Kier molecular flexibility index (Phi) is 4.89. The van der Waals surface area contributed by atoms with Crippen molar-refractivity contribution in [2.24, 2.45) is 5.92 Å². The second kappa shape index (κ2) is 8.08. The van der Waals surface area contributed by atoms with Crippen molar-refractivity contribution < 1.29 is 14.3 Å². The van der Waals surface area contributed by atoms with Crippen LogP contribution in [0.15, 0.2) is 48.5 Å². The first-order valence-electron chi connectivity index (χ1n) is 11.5. The molecule has 2 aromatic carbocycles. The van der Waals surface area contributed by atoms with Crippen LogP contribution in [0.1, 0.15) is 39.1 Å². The number of carbonyl (C=O) groups excluding carboxylic acids is 2. The van der Waals surface area contributed by atoms with Crippen molar-refractivity contribution in [2.45, 2.75) is 12.8 Å². The van der Waals surface area contributed by atoms with Crippen LogP contribution < -0.4 is 0 Å². The fourth-order valence-electron chi connectivity index (χ4n) is 4.59. The molecule has 1 N–H and O–H groups in total. The van der Waals surface area contributed by atoms with Crippen molar-refractivity contribution in [3.8, 4) is 17.3 Å². The van der Waals surface area contributed by atoms with Gasteiger partial charge in [0.25, 0.3) is 5.91 Å². The first-order valence-corrected chi connectivity index (χ1v) is 11.5. The summed E-state index contributed by atoms with van der Waals surface area (Å²) < 4.78 is 5.36. The number of morpholine rings is 1. The Labute approximate surface area is 196 Å². The summed E-state index contributed by atoms with van der Waals surface area (Å²) in [5.41, 5.74) is 5.36. The number of amides is 1. The van der Waals surface area contributed by atoms with Crippen LogP contribution in [0, 0.1) is 17.2 Å². The second-order valence-corrected chi connectivity index (χ2v) is 8.90. The van der Waals surface area contributed by atoms with Crippen LogP contribution >= 0.6 is 0 Å². The molecule has 1 saturated heterocycles. The van der Waals surface area contributed by atoms with Gasteiger partial charge in [-0.15, -0.1) is 0 Å². The van der Waals surface area contributed by atoms with Gasteiger partial charge in [0.15, 0.2) is 5.78 Å². The molecule has 2 aromatic heterocycles. The van der Waals surface area contributed by atoms with E-state index < -0.39 is 0 Å². The number of benzene rings is 2. The van der Waals surface area contributed by atoms with Crippen LogP contribution in [0.4, 0.5) is 0 Å². The first kappa shape index (κ1) is 20.6. The number of hydrogen-bond acceptors (Lipinski definition) is 5. The lowest BCUT2D eigenvalue weighted by Gasteiger charge is -2.26. The Morgan fingerprint density at radius 2 is 1.91 bits per heavy atom. The third-order valence-electron chi connectivity index (χ3n) is 6.60. The van der Waals surface area contributed by atoms with Gasteiger partial charge in [0.1, 0.15) is 0 Å². The molecule has 1 aliphatic carbocycles. The lowest BCUT2D eigenvalue weighted by Crippen LogP contribution is -2.40. The highest BCUT2D eigenvalue weighted by Crippen LogP contribution is 2.37. The maximum absolute atomic E-state index is 13.2. The van der Waals surface area contributed by atoms with E-state index in [1.165, 1.54) is 0 Å². The van der Waals surface area contributed by atoms with Gasteiger partial charge in [-0.1, -0.05) is 12.1 Å². The van der Waals surface area contributed by atoms with Gasteiger partial charge >= 0.3 is 0 Å². The van der Waals surface area contributed by atoms with E-state index in [9.17, 15) is 14.9 Å². The maximum Gasteiger partial charge on any atom is 0.254 e. The summed E-state index contributed by atoms with van der Waals surface area (Å²) >= 11 is 0. The number of pyridine rings is 1. The molecule has 0 bridgehead atoms. The highest BCUT2D eigenvalue weighted by Gasteiger charge is 2.32. The highest BCUT2D eigenvalue weighted by molar-refractivity contribution is 6.16. The molecular weight excluding hydrogens is 428 g/mol. The fourth-order valence-corrected chi connectivity index (χ4v) is 4.59. The minimum atomic E-state index is -0.0277. The number of H-pyrrole nitrogens is 1. The number of aromatic amines is 1. The predicted molar refractivity (Wildman–Crippen MR) is 128 cm³/mol. The number of nitriles is 1. The smallest absolute Gasteiger partial charge is 0.254 e. The fraction of sp³-hybridized carbons (Fsp3) is 0.259. The SMILES string of the molecule is N#Cc1cccc(-c2cc(C(=O)C3CC3)c3[nH]c4cc(C(=O)N5CCOCC5)ccc4c3n2)c1. The number of rotatable bonds is 4. The second-order valence-electron chi connectivity index (χ2n) is 8.90. The number of hydrogen-bond donors (Lipinski definition) is 1. The van der Waals surface area contributed by atoms with E-state index in [2.05, 4.69) is 11.1 Å². The van der Waals surface area contributed by atoms with Gasteiger partial charge in [0, 0.05) is 46.6 Å². The first-order chi connectivity index (χ1) is 16.6. The van der Waals surface area contributed by atoms with Crippen molar-refractivity contribution in [2.75, 3.05) is 26.3 Å². The topological polar surface area (TPSA) is 99.1 Å². The molecule has 2 fully saturated rings. The van der Waals surface area contributed by atoms with E-state index in [-0.39, 0.29) is 17.6 Å². The third kappa shape index (κ3) is 3.53. The van der Waals surface area contributed by atoms with Crippen molar-refractivity contribution in [1.82, 2.24) is 14.9 Å². The number of ketones is 1. The Morgan fingerprint density at radius 1 is 1.09 bits per heavy atom. The number of nitrogens with one attached hydrogen (secondary N) is 1. The average Bonchev–Trinajstić information content (AvgIpc) is 3.68. The zero-order valence-electron chi connectivity index (χ0n) is 18.5. The summed E-state index contributed by atoms with van der Waals surface area (Å²) in [6, 6.07) is 16.8. The van der Waals surface area contributed by atoms with Crippen LogP contribution in [0.2, 0.25) is 0 Å². The summed E-state index contributed by atoms with van der Waals surface area (Å²) in [7, 11) is 0. The minimum Gasteiger partial charge on any atom is -0.378 e. The van der Waals surface area contributed by atoms with Gasteiger partial charge in [-0.25, -0.2) is 4.98 Å². The van der Waals surface area contributed by atoms with Crippen LogP contribution in [0.3, 0.4) is 0 Å². The molecule has 7 nitrogen and oxygen atoms in total. The van der Waals surface area contributed by atoms with Crippen LogP contribution in [0.5, 0.6) is 0 Å². The molecule has 2 aliphatic rings. The molecule has 1 amide bonds. The molecular formula is C27H22N4O3. The molecule has 6 rings (SSSR count). The average molecular weight is 450 g/mol. The summed E-state index contributed by atoms with van der Waals surface area (Å²) in [6.45, 7) is 2.26. The number of fused-ring (bicyclic) bond motifs is 3. The Morgan fingerprint density at radius 3 is 2.68 bits per heavy atom. The molecule has 0 atom stereocenters. The minimum absolute atomic E-state index is 0.0277. The van der Waals surface area contributed by atoms with E-state index >= 15 is 0 Å². The number of nitrogens with zero attached hydrogens (tertiary/aromatic N) is 3. The summed E-state index contributed by atoms with van der Waals surface area (Å²) in [5.74, 6) is 0.134. The standard InChI is InChI=1S/C27H22N4O3/c28-15-16-2-1-3-18(12-16)22-14-21(26(32)17-4-5-17)25-24(29-22)20-7-6-19(13-23(20)30-25)27(33)31-8-10-34-11-9-31/h1-3,6-7,12-14,17,30H,4-5,8-11H2. The van der Waals surface area contributed by atoms with Gasteiger partial charge in [-0.05, 0) is 49.2 Å². The third-order valence-corrected chi connectivity index (χ3v) is 6.60. The number of Topliss-reactive ketones (excluding diaryl/α,β-unsaturated/α-hetero) is 1. The van der Waals surface area contributed by atoms with Gasteiger partial charge in [-0.2, -0.15) is 5.26 Å². The normalized spacial score (nSPS) is 16.0. The van der Waals surface area contributed by atoms with Crippen molar-refractivity contribution >= 4 is 33.6 Å². The van der Waals surface area contributed by atoms with Crippen molar-refractivity contribution in [3.63, 3.8) is 0 Å². The van der Waals surface area contributed by atoms with Gasteiger partial charge in [0.2, 0.25) is 0 Å². The largest absolute Gasteiger partial charge is 0.378 e. The molecule has 34 heavy (non-hydrogen) atoms. The summed E-state index contributed by atoms with van der Waals surface area (Å²) in [5, 5.41) is 10.2. The van der Waals surface area contributed by atoms with E-state index in [0.29, 0.717) is 59.7 Å². The summed E-state index contributed by atoms with van der Waals surface area (Å²) in [6.07, 6.45) is 1.81. The zero-order chi connectivity index (χ0) is 23.2. The number of carbonyl (C=O) groups is 2. The molecule has 0 spiro atoms. The quantitative estimate of drug-likeness (QED) is 0.467. The van der Waals surface area contributed by atoms with Crippen molar-refractivity contribution in [1.29, 1.82) is 5.26 Å². The van der Waals surface area contributed by atoms with Crippen LogP contribution in [0.25, 0.3) is 33.2 Å². The van der Waals surface area contributed by atoms with Gasteiger partial charge in [-0.3, -0.25) is 9.59 Å². The number of ether oxygens (including phenoxy) is 1. The van der Waals surface area contributed by atoms with E-state index in [1.54, 1.807) is 17.0 Å². The van der Waals surface area contributed by atoms with E-state index in [4.69, 9.17) is 9.72 Å². The number of aromatic nitrogens is 2. The summed E-state index contributed by atoms with van der Waals surface area (Å²) in [4.78, 5) is 36.3. The monoisotopic (exact) mass is 450 g/mol. The van der Waals surface area contributed by atoms with Crippen LogP contribution in [-0.2, 0) is 4.74 Å². The molecule has 1 aliphatic heterocycles. The molecule has 0 radical (unpaired) electrons. The van der Waals surface area contributed by atoms with Crippen LogP contribution in [-0.4, -0.2) is 52.9 Å². The Bertz CT molecular complexity index is 1500. The molecule has 4 aromatic rings. The molecule has 0 unspecified atom stereocenters. The lowest BCUT2D eigenvalue weighted by molar-refractivity contribution is 0.0303. The molecule has 1 saturated carbocycles.